The highest BCUT2D eigenvalue weighted by molar-refractivity contribution is 5.96. The number of hydrogen-bond acceptors (Lipinski definition) is 3. The number of unbranched alkanes of at least 4 members (excludes halogenated alkanes) is 15. The number of rotatable bonds is 20. The van der Waals surface area contributed by atoms with Crippen molar-refractivity contribution in [2.75, 3.05) is 6.61 Å². The molecule has 1 N–H and O–H groups in total. The number of carbonyl (C=O) groups excluding carboxylic acids is 2. The van der Waals surface area contributed by atoms with Gasteiger partial charge in [-0.15, -0.1) is 0 Å². The standard InChI is InChI=1S/C29H46F3NO3/c1-3-4-5-6-7-8-9-10-11-12-13-14-15-16-17-18-23-36-28(35)24(2)33-27(34)25-19-21-26(22-20-25)29(30,31)32/h19-22,24H,3-18,23H2,1-2H3,(H,33,34). The van der Waals surface area contributed by atoms with E-state index < -0.39 is 29.7 Å². The molecule has 1 rings (SSSR count). The monoisotopic (exact) mass is 513 g/mol. The van der Waals surface area contributed by atoms with Gasteiger partial charge in [0.25, 0.3) is 5.91 Å². The minimum absolute atomic E-state index is 0.0560. The van der Waals surface area contributed by atoms with Crippen molar-refractivity contribution in [3.63, 3.8) is 0 Å². The molecule has 0 fully saturated rings. The number of halogens is 3. The lowest BCUT2D eigenvalue weighted by atomic mass is 10.0. The van der Waals surface area contributed by atoms with E-state index in [-0.39, 0.29) is 5.56 Å². The molecule has 1 unspecified atom stereocenters. The topological polar surface area (TPSA) is 55.4 Å². The summed E-state index contributed by atoms with van der Waals surface area (Å²) in [7, 11) is 0. The molecule has 0 spiro atoms. The van der Waals surface area contributed by atoms with E-state index >= 15 is 0 Å². The molecule has 1 aromatic rings. The average molecular weight is 514 g/mol. The third-order valence-electron chi connectivity index (χ3n) is 6.42. The molecule has 0 radical (unpaired) electrons. The van der Waals surface area contributed by atoms with Crippen LogP contribution in [0.1, 0.15) is 133 Å². The zero-order chi connectivity index (χ0) is 26.7. The van der Waals surface area contributed by atoms with Gasteiger partial charge in [0.15, 0.2) is 0 Å². The predicted octanol–water partition coefficient (Wildman–Crippen LogP) is 8.63. The third kappa shape index (κ3) is 15.1. The summed E-state index contributed by atoms with van der Waals surface area (Å²) in [4.78, 5) is 24.2. The molecular formula is C29H46F3NO3. The molecule has 206 valence electrons. The van der Waals surface area contributed by atoms with Crippen LogP contribution in [0.25, 0.3) is 0 Å². The van der Waals surface area contributed by atoms with Gasteiger partial charge in [0.2, 0.25) is 0 Å². The summed E-state index contributed by atoms with van der Waals surface area (Å²) in [6.07, 6.45) is 15.9. The number of amides is 1. The fourth-order valence-corrected chi connectivity index (χ4v) is 4.10. The lowest BCUT2D eigenvalue weighted by Gasteiger charge is -2.14. The number of alkyl halides is 3. The van der Waals surface area contributed by atoms with E-state index in [1.54, 1.807) is 0 Å². The van der Waals surface area contributed by atoms with Crippen LogP contribution in [0.2, 0.25) is 0 Å². The second-order valence-electron chi connectivity index (χ2n) is 9.74. The van der Waals surface area contributed by atoms with E-state index in [2.05, 4.69) is 12.2 Å². The van der Waals surface area contributed by atoms with E-state index in [4.69, 9.17) is 4.74 Å². The maximum atomic E-state index is 12.6. The number of hydrogen-bond donors (Lipinski definition) is 1. The van der Waals surface area contributed by atoms with Crippen LogP contribution >= 0.6 is 0 Å². The number of carbonyl (C=O) groups is 2. The molecule has 0 aromatic heterocycles. The summed E-state index contributed by atoms with van der Waals surface area (Å²) in [6.45, 7) is 4.06. The van der Waals surface area contributed by atoms with E-state index in [0.29, 0.717) is 6.61 Å². The Kier molecular flexibility index (Phi) is 17.0. The summed E-state index contributed by atoms with van der Waals surface area (Å²) < 4.78 is 43.1. The highest BCUT2D eigenvalue weighted by Crippen LogP contribution is 2.29. The smallest absolute Gasteiger partial charge is 0.416 e. The average Bonchev–Trinajstić information content (AvgIpc) is 2.85. The van der Waals surface area contributed by atoms with Gasteiger partial charge in [-0.05, 0) is 37.6 Å². The van der Waals surface area contributed by atoms with E-state index in [9.17, 15) is 22.8 Å². The number of ether oxygens (including phenoxy) is 1. The first kappa shape index (κ1) is 32.0. The molecule has 0 aliphatic carbocycles. The van der Waals surface area contributed by atoms with Crippen molar-refractivity contribution >= 4 is 11.9 Å². The lowest BCUT2D eigenvalue weighted by Crippen LogP contribution is -2.39. The van der Waals surface area contributed by atoms with Crippen LogP contribution < -0.4 is 5.32 Å². The Morgan fingerprint density at radius 1 is 0.750 bits per heavy atom. The summed E-state index contributed by atoms with van der Waals surface area (Å²) in [5.74, 6) is -1.16. The normalized spacial score (nSPS) is 12.4. The van der Waals surface area contributed by atoms with Gasteiger partial charge in [0.1, 0.15) is 6.04 Å². The van der Waals surface area contributed by atoms with Gasteiger partial charge in [0.05, 0.1) is 12.2 Å². The van der Waals surface area contributed by atoms with Gasteiger partial charge in [-0.3, -0.25) is 4.79 Å². The lowest BCUT2D eigenvalue weighted by molar-refractivity contribution is -0.145. The van der Waals surface area contributed by atoms with Crippen LogP contribution in [0.4, 0.5) is 13.2 Å². The highest BCUT2D eigenvalue weighted by Gasteiger charge is 2.30. The molecule has 4 nitrogen and oxygen atoms in total. The minimum atomic E-state index is -4.46. The van der Waals surface area contributed by atoms with Crippen LogP contribution in [-0.4, -0.2) is 24.5 Å². The van der Waals surface area contributed by atoms with Crippen molar-refractivity contribution in [2.24, 2.45) is 0 Å². The quantitative estimate of drug-likeness (QED) is 0.140. The first-order valence-electron chi connectivity index (χ1n) is 13.9. The molecule has 1 atom stereocenters. The molecule has 1 aromatic carbocycles. The van der Waals surface area contributed by atoms with Crippen LogP contribution in [0.15, 0.2) is 24.3 Å². The summed E-state index contributed by atoms with van der Waals surface area (Å²) in [5.41, 5.74) is -0.772. The fraction of sp³-hybridized carbons (Fsp3) is 0.724. The Hall–Kier alpha value is -2.05. The first-order valence-corrected chi connectivity index (χ1v) is 13.9. The van der Waals surface area contributed by atoms with E-state index in [1.807, 2.05) is 0 Å². The molecule has 1 amide bonds. The number of nitrogens with one attached hydrogen (secondary N) is 1. The maximum absolute atomic E-state index is 12.6. The number of esters is 1. The Balaban J connectivity index is 1.98. The van der Waals surface area contributed by atoms with Gasteiger partial charge in [-0.1, -0.05) is 103 Å². The Morgan fingerprint density at radius 3 is 1.58 bits per heavy atom. The largest absolute Gasteiger partial charge is 0.464 e. The molecule has 0 aliphatic rings. The van der Waals surface area contributed by atoms with Crippen molar-refractivity contribution in [1.82, 2.24) is 5.32 Å². The van der Waals surface area contributed by atoms with E-state index in [0.717, 1.165) is 43.5 Å². The molecule has 0 bridgehead atoms. The van der Waals surface area contributed by atoms with Gasteiger partial charge in [-0.25, -0.2) is 4.79 Å². The minimum Gasteiger partial charge on any atom is -0.464 e. The number of benzene rings is 1. The molecule has 0 aliphatic heterocycles. The third-order valence-corrected chi connectivity index (χ3v) is 6.42. The fourth-order valence-electron chi connectivity index (χ4n) is 4.10. The van der Waals surface area contributed by atoms with Crippen molar-refractivity contribution in [3.8, 4) is 0 Å². The molecule has 0 heterocycles. The molecule has 0 saturated heterocycles. The predicted molar refractivity (Wildman–Crippen MR) is 139 cm³/mol. The van der Waals surface area contributed by atoms with Gasteiger partial charge in [-0.2, -0.15) is 13.2 Å². The van der Waals surface area contributed by atoms with Crippen molar-refractivity contribution in [2.45, 2.75) is 129 Å². The first-order chi connectivity index (χ1) is 17.3. The molecule has 7 heteroatoms. The summed E-state index contributed by atoms with van der Waals surface area (Å²) in [6, 6.07) is 2.99. The second kappa shape index (κ2) is 19.1. The molecule has 0 saturated carbocycles. The van der Waals surface area contributed by atoms with Crippen LogP contribution in [-0.2, 0) is 15.7 Å². The van der Waals surface area contributed by atoms with Crippen molar-refractivity contribution in [1.29, 1.82) is 0 Å². The maximum Gasteiger partial charge on any atom is 0.416 e. The Bertz CT molecular complexity index is 719. The van der Waals surface area contributed by atoms with Crippen LogP contribution in [0, 0.1) is 0 Å². The van der Waals surface area contributed by atoms with Crippen molar-refractivity contribution < 1.29 is 27.5 Å². The van der Waals surface area contributed by atoms with E-state index in [1.165, 1.54) is 90.4 Å². The van der Waals surface area contributed by atoms with Gasteiger partial charge in [0, 0.05) is 5.56 Å². The molecular weight excluding hydrogens is 467 g/mol. The van der Waals surface area contributed by atoms with Gasteiger partial charge >= 0.3 is 12.1 Å². The zero-order valence-electron chi connectivity index (χ0n) is 22.3. The zero-order valence-corrected chi connectivity index (χ0v) is 22.3. The summed E-state index contributed by atoms with van der Waals surface area (Å²) in [5, 5.41) is 2.47. The Labute approximate surface area is 215 Å². The highest BCUT2D eigenvalue weighted by atomic mass is 19.4. The SMILES string of the molecule is CCCCCCCCCCCCCCCCCCOC(=O)C(C)NC(=O)c1ccc(C(F)(F)F)cc1. The van der Waals surface area contributed by atoms with Crippen LogP contribution in [0.3, 0.4) is 0 Å². The molecule has 36 heavy (non-hydrogen) atoms. The summed E-state index contributed by atoms with van der Waals surface area (Å²) >= 11 is 0. The second-order valence-corrected chi connectivity index (χ2v) is 9.74. The Morgan fingerprint density at radius 2 is 1.17 bits per heavy atom. The van der Waals surface area contributed by atoms with Crippen LogP contribution in [0.5, 0.6) is 0 Å². The van der Waals surface area contributed by atoms with Crippen molar-refractivity contribution in [3.05, 3.63) is 35.4 Å². The van der Waals surface area contributed by atoms with Gasteiger partial charge < -0.3 is 10.1 Å².